The average Bonchev–Trinajstić information content (AvgIpc) is 3.88. The van der Waals surface area contributed by atoms with E-state index in [2.05, 4.69) is 0 Å². The normalized spacial score (nSPS) is 23.8. The van der Waals surface area contributed by atoms with E-state index in [9.17, 15) is 14.7 Å². The molecule has 80 heavy (non-hydrogen) atoms. The number of rotatable bonds is 31. The number of carbonyl (C=O) groups excluding carboxylic acids is 2. The number of hydrogen-bond acceptors (Lipinski definition) is 12. The van der Waals surface area contributed by atoms with Gasteiger partial charge in [-0.15, -0.1) is 12.6 Å². The van der Waals surface area contributed by atoms with E-state index in [1.165, 1.54) is 4.90 Å². The molecular weight excluding hydrogens is 1030 g/mol. The highest BCUT2D eigenvalue weighted by molar-refractivity contribution is 7.81. The first-order valence-electron chi connectivity index (χ1n) is 28.7. The topological polar surface area (TPSA) is 131 Å². The first-order valence-corrected chi connectivity index (χ1v) is 29.2. The van der Waals surface area contributed by atoms with Crippen LogP contribution in [0.1, 0.15) is 119 Å². The van der Waals surface area contributed by atoms with Crippen LogP contribution in [0.15, 0.2) is 170 Å². The van der Waals surface area contributed by atoms with Crippen molar-refractivity contribution in [3.05, 3.63) is 209 Å². The van der Waals surface area contributed by atoms with Crippen molar-refractivity contribution in [1.82, 2.24) is 4.90 Å². The Labute approximate surface area is 478 Å². The zero-order valence-electron chi connectivity index (χ0n) is 46.1. The lowest BCUT2D eigenvalue weighted by molar-refractivity contribution is -0.241. The number of benzene rings is 6. The summed E-state index contributed by atoms with van der Waals surface area (Å²) in [6.07, 6.45) is 4.79. The van der Waals surface area contributed by atoms with Crippen molar-refractivity contribution in [1.29, 1.82) is 0 Å². The number of ether oxygens (including phenoxy) is 8. The third kappa shape index (κ3) is 16.5. The molecule has 0 saturated carbocycles. The monoisotopic (exact) mass is 1110 g/mol. The Morgan fingerprint density at radius 1 is 0.525 bits per heavy atom. The minimum atomic E-state index is -1.28. The Morgan fingerprint density at radius 2 is 0.975 bits per heavy atom. The summed E-state index contributed by atoms with van der Waals surface area (Å²) in [5, 5.41) is 12.3. The molecule has 12 nitrogen and oxygen atoms in total. The van der Waals surface area contributed by atoms with Gasteiger partial charge in [0.2, 0.25) is 0 Å². The van der Waals surface area contributed by atoms with Crippen molar-refractivity contribution in [2.45, 2.75) is 151 Å². The number of hydrogen-bond donors (Lipinski definition) is 2. The fraction of sp³-hybridized carbons (Fsp3) is 0.433. The first kappa shape index (κ1) is 58.9. The molecule has 6 aromatic rings. The molecule has 1 unspecified atom stereocenters. The maximum atomic E-state index is 14.8. The van der Waals surface area contributed by atoms with Gasteiger partial charge in [0.15, 0.2) is 0 Å². The van der Waals surface area contributed by atoms with Crippen LogP contribution < -0.4 is 4.74 Å². The molecule has 2 amide bonds. The van der Waals surface area contributed by atoms with Crippen LogP contribution >= 0.6 is 12.6 Å². The molecule has 2 fully saturated rings. The Bertz CT molecular complexity index is 2740. The molecule has 424 valence electrons. The van der Waals surface area contributed by atoms with Crippen LogP contribution in [0.25, 0.3) is 0 Å². The number of aliphatic hydroxyl groups excluding tert-OH is 1. The minimum absolute atomic E-state index is 0.101. The summed E-state index contributed by atoms with van der Waals surface area (Å²) < 4.78 is 52.4. The number of unbranched alkanes of at least 4 members (excludes halogenated alkanes) is 7. The van der Waals surface area contributed by atoms with Crippen LogP contribution in [0.3, 0.4) is 0 Å². The third-order valence-electron chi connectivity index (χ3n) is 15.6. The van der Waals surface area contributed by atoms with Gasteiger partial charge in [-0.25, -0.2) is 0 Å². The standard InChI is InChI=1S/C67H79NO11S/c1-72-54-37-35-53(36-38-54)42-73-39-23-7-5-3-2-4-6-20-34-59-62(68-65(70)55-32-21-22-33-56(55)66(68)71)63(76-45-51-28-16-10-17-29-51)57(60(78-59)47-74-43-49-24-12-8-13-25-49)40-67(80)41-58(69)64(77-46-52-30-18-11-19-31-52)61(79-67)48-75-44-50-26-14-9-15-27-50/h8-19,21-22,24-33,35-38,57-64,69,80H,2-7,20,23,34,39-48H2,1H3/t57-,58?,59+,60-,61-,62+,63+,64-,67-/m1/s1. The molecule has 0 spiro atoms. The maximum Gasteiger partial charge on any atom is 0.261 e. The van der Waals surface area contributed by atoms with Gasteiger partial charge in [-0.2, -0.15) is 0 Å². The van der Waals surface area contributed by atoms with Crippen LogP contribution in [0, 0.1) is 5.92 Å². The van der Waals surface area contributed by atoms with E-state index in [1.54, 1.807) is 31.4 Å². The second-order valence-corrected chi connectivity index (χ2v) is 22.3. The molecule has 3 aliphatic heterocycles. The van der Waals surface area contributed by atoms with E-state index in [1.807, 2.05) is 146 Å². The molecule has 3 heterocycles. The lowest BCUT2D eigenvalue weighted by Crippen LogP contribution is -2.65. The summed E-state index contributed by atoms with van der Waals surface area (Å²) in [5.41, 5.74) is 5.77. The molecule has 6 aromatic carbocycles. The SMILES string of the molecule is COc1ccc(COCCCCCCCCCC[C@@H]2O[C@H](COCc3ccccc3)[C@@H](C[C@@]3(S)CC(O)[C@@H](OCc4ccccc4)[C@@H](COCc4ccccc4)O3)[C@H](OCc3ccccc3)[C@H]2N2C(=O)c3ccccc3C2=O)cc1. The minimum Gasteiger partial charge on any atom is -0.497 e. The summed E-state index contributed by atoms with van der Waals surface area (Å²) in [6, 6.07) is 53.9. The first-order chi connectivity index (χ1) is 39.2. The summed E-state index contributed by atoms with van der Waals surface area (Å²) in [6.45, 7) is 2.77. The second-order valence-electron chi connectivity index (χ2n) is 21.5. The molecule has 13 heteroatoms. The van der Waals surface area contributed by atoms with Gasteiger partial charge in [0.25, 0.3) is 11.8 Å². The molecular formula is C67H79NO11S. The van der Waals surface area contributed by atoms with Gasteiger partial charge < -0.3 is 43.0 Å². The summed E-state index contributed by atoms with van der Waals surface area (Å²) in [4.78, 5) is 29.8. The largest absolute Gasteiger partial charge is 0.497 e. The number of methoxy groups -OCH3 is 1. The lowest BCUT2D eigenvalue weighted by Gasteiger charge is -2.52. The van der Waals surface area contributed by atoms with Gasteiger partial charge in [-0.3, -0.25) is 14.5 Å². The summed E-state index contributed by atoms with van der Waals surface area (Å²) >= 11 is 5.40. The van der Waals surface area contributed by atoms with Gasteiger partial charge in [0.05, 0.1) is 94.9 Å². The Kier molecular flexibility index (Phi) is 22.4. The highest BCUT2D eigenvalue weighted by Gasteiger charge is 2.57. The van der Waals surface area contributed by atoms with Crippen LogP contribution in [0.4, 0.5) is 0 Å². The summed E-state index contributed by atoms with van der Waals surface area (Å²) in [5.74, 6) is -0.473. The van der Waals surface area contributed by atoms with E-state index in [0.29, 0.717) is 37.4 Å². The fourth-order valence-electron chi connectivity index (χ4n) is 11.5. The molecule has 9 rings (SSSR count). The number of thiol groups is 1. The van der Waals surface area contributed by atoms with Crippen molar-refractivity contribution >= 4 is 24.4 Å². The van der Waals surface area contributed by atoms with Crippen molar-refractivity contribution in [3.63, 3.8) is 0 Å². The van der Waals surface area contributed by atoms with Gasteiger partial charge in [-0.1, -0.05) is 191 Å². The third-order valence-corrected chi connectivity index (χ3v) is 16.1. The van der Waals surface area contributed by atoms with Gasteiger partial charge >= 0.3 is 0 Å². The molecule has 3 aliphatic rings. The van der Waals surface area contributed by atoms with E-state index in [-0.39, 0.29) is 51.1 Å². The van der Waals surface area contributed by atoms with Crippen molar-refractivity contribution < 1.29 is 52.6 Å². The van der Waals surface area contributed by atoms with Crippen LogP contribution in [-0.2, 0) is 66.2 Å². The Balaban J connectivity index is 0.949. The van der Waals surface area contributed by atoms with Crippen LogP contribution in [0.5, 0.6) is 5.75 Å². The Morgan fingerprint density at radius 3 is 1.51 bits per heavy atom. The number of fused-ring (bicyclic) bond motifs is 1. The van der Waals surface area contributed by atoms with E-state index < -0.39 is 53.5 Å². The molecule has 0 bridgehead atoms. The van der Waals surface area contributed by atoms with Crippen molar-refractivity contribution in [3.8, 4) is 5.75 Å². The number of amides is 2. The number of imide groups is 1. The van der Waals surface area contributed by atoms with Gasteiger partial charge in [0.1, 0.15) is 22.9 Å². The quantitative estimate of drug-likeness (QED) is 0.0245. The van der Waals surface area contributed by atoms with E-state index in [0.717, 1.165) is 91.5 Å². The number of nitrogens with zero attached hydrogens (tertiary/aromatic N) is 1. The van der Waals surface area contributed by atoms with Gasteiger partial charge in [-0.05, 0) is 71.3 Å². The highest BCUT2D eigenvalue weighted by Crippen LogP contribution is 2.46. The van der Waals surface area contributed by atoms with Gasteiger partial charge in [0, 0.05) is 18.9 Å². The second kappa shape index (κ2) is 30.4. The number of aliphatic hydroxyl groups is 1. The predicted molar refractivity (Wildman–Crippen MR) is 311 cm³/mol. The fourth-order valence-corrected chi connectivity index (χ4v) is 12.0. The average molecular weight is 1110 g/mol. The lowest BCUT2D eigenvalue weighted by atomic mass is 9.78. The van der Waals surface area contributed by atoms with Crippen LogP contribution in [-0.4, -0.2) is 96.3 Å². The van der Waals surface area contributed by atoms with E-state index in [4.69, 9.17) is 50.5 Å². The maximum absolute atomic E-state index is 14.8. The van der Waals surface area contributed by atoms with Crippen molar-refractivity contribution in [2.24, 2.45) is 5.92 Å². The smallest absolute Gasteiger partial charge is 0.261 e. The molecule has 0 radical (unpaired) electrons. The molecule has 0 aromatic heterocycles. The zero-order valence-corrected chi connectivity index (χ0v) is 47.0. The molecule has 1 N–H and O–H groups in total. The number of carbonyl (C=O) groups is 2. The zero-order chi connectivity index (χ0) is 55.4. The summed E-state index contributed by atoms with van der Waals surface area (Å²) in [7, 11) is 1.67. The predicted octanol–water partition coefficient (Wildman–Crippen LogP) is 12.5. The van der Waals surface area contributed by atoms with Crippen molar-refractivity contribution in [2.75, 3.05) is 26.9 Å². The highest BCUT2D eigenvalue weighted by atomic mass is 32.1. The Hall–Kier alpha value is -5.71. The molecule has 2 saturated heterocycles. The van der Waals surface area contributed by atoms with Crippen LogP contribution in [0.2, 0.25) is 0 Å². The van der Waals surface area contributed by atoms with E-state index >= 15 is 0 Å². The molecule has 0 aliphatic carbocycles. The molecule has 9 atom stereocenters.